The second kappa shape index (κ2) is 9.07. The van der Waals surface area contributed by atoms with Crippen molar-refractivity contribution in [1.82, 2.24) is 4.98 Å². The zero-order valence-electron chi connectivity index (χ0n) is 17.4. The van der Waals surface area contributed by atoms with E-state index in [0.29, 0.717) is 5.75 Å². The first kappa shape index (κ1) is 20.7. The van der Waals surface area contributed by atoms with Gasteiger partial charge in [0, 0.05) is 20.6 Å². The van der Waals surface area contributed by atoms with E-state index in [1.165, 1.54) is 21.6 Å². The average Bonchev–Trinajstić information content (AvgIpc) is 3.13. The van der Waals surface area contributed by atoms with Crippen molar-refractivity contribution in [3.63, 3.8) is 0 Å². The average molecular weight is 432 g/mol. The standard InChI is InChI=1S/C26H25NOS2/c1-17-9-11-21(12-10-17)26-27-19(3)25(30-26)24(16-20-7-5-4-6-8-20)29-22-13-14-23(28)18(2)15-22/h4-15,24,28H,16H2,1-3H3. The molecule has 1 heterocycles. The van der Waals surface area contributed by atoms with Gasteiger partial charge in [0.2, 0.25) is 0 Å². The fraction of sp³-hybridized carbons (Fsp3) is 0.192. The summed E-state index contributed by atoms with van der Waals surface area (Å²) in [5.74, 6) is 0.342. The third-order valence-electron chi connectivity index (χ3n) is 5.13. The molecule has 0 aliphatic carbocycles. The topological polar surface area (TPSA) is 33.1 Å². The molecule has 0 radical (unpaired) electrons. The monoisotopic (exact) mass is 431 g/mol. The van der Waals surface area contributed by atoms with Crippen molar-refractivity contribution in [3.8, 4) is 16.3 Å². The van der Waals surface area contributed by atoms with Gasteiger partial charge < -0.3 is 5.11 Å². The Balaban J connectivity index is 1.69. The molecule has 152 valence electrons. The van der Waals surface area contributed by atoms with Crippen LogP contribution in [0.25, 0.3) is 10.6 Å². The van der Waals surface area contributed by atoms with Crippen LogP contribution >= 0.6 is 23.1 Å². The van der Waals surface area contributed by atoms with Crippen LogP contribution in [0.1, 0.15) is 32.5 Å². The summed E-state index contributed by atoms with van der Waals surface area (Å²) in [6.45, 7) is 6.16. The van der Waals surface area contributed by atoms with Gasteiger partial charge in [-0.2, -0.15) is 0 Å². The number of rotatable bonds is 6. The van der Waals surface area contributed by atoms with E-state index in [0.717, 1.165) is 27.6 Å². The molecule has 4 heteroatoms. The minimum absolute atomic E-state index is 0.257. The number of thioether (sulfide) groups is 1. The normalized spacial score (nSPS) is 12.1. The maximum absolute atomic E-state index is 9.91. The smallest absolute Gasteiger partial charge is 0.123 e. The van der Waals surface area contributed by atoms with Gasteiger partial charge in [-0.05, 0) is 56.5 Å². The Morgan fingerprint density at radius 1 is 0.933 bits per heavy atom. The van der Waals surface area contributed by atoms with Crippen LogP contribution in [0.5, 0.6) is 5.75 Å². The van der Waals surface area contributed by atoms with Gasteiger partial charge in [0.1, 0.15) is 10.8 Å². The number of phenolic OH excluding ortho intramolecular Hbond substituents is 1. The third kappa shape index (κ3) is 4.77. The van der Waals surface area contributed by atoms with Gasteiger partial charge in [0.25, 0.3) is 0 Å². The highest BCUT2D eigenvalue weighted by atomic mass is 32.2. The van der Waals surface area contributed by atoms with Crippen LogP contribution < -0.4 is 0 Å². The summed E-state index contributed by atoms with van der Waals surface area (Å²) in [7, 11) is 0. The van der Waals surface area contributed by atoms with E-state index in [1.807, 2.05) is 24.8 Å². The quantitative estimate of drug-likeness (QED) is 0.321. The third-order valence-corrected chi connectivity index (χ3v) is 7.82. The summed E-state index contributed by atoms with van der Waals surface area (Å²) in [5, 5.41) is 11.2. The highest BCUT2D eigenvalue weighted by molar-refractivity contribution is 7.99. The van der Waals surface area contributed by atoms with Crippen LogP contribution in [0.4, 0.5) is 0 Å². The van der Waals surface area contributed by atoms with Crippen molar-refractivity contribution in [2.75, 3.05) is 0 Å². The van der Waals surface area contributed by atoms with E-state index < -0.39 is 0 Å². The number of nitrogens with zero attached hydrogens (tertiary/aromatic N) is 1. The maximum atomic E-state index is 9.91. The minimum atomic E-state index is 0.257. The van der Waals surface area contributed by atoms with Crippen molar-refractivity contribution >= 4 is 23.1 Å². The first-order chi connectivity index (χ1) is 14.5. The molecule has 4 rings (SSSR count). The van der Waals surface area contributed by atoms with Crippen LogP contribution in [0.2, 0.25) is 0 Å². The van der Waals surface area contributed by atoms with Crippen LogP contribution in [0.3, 0.4) is 0 Å². The highest BCUT2D eigenvalue weighted by Gasteiger charge is 2.21. The molecule has 30 heavy (non-hydrogen) atoms. The lowest BCUT2D eigenvalue weighted by atomic mass is 10.1. The number of aryl methyl sites for hydroxylation is 3. The van der Waals surface area contributed by atoms with Gasteiger partial charge in [-0.3, -0.25) is 0 Å². The predicted octanol–water partition coefficient (Wildman–Crippen LogP) is 7.52. The van der Waals surface area contributed by atoms with Crippen molar-refractivity contribution < 1.29 is 5.11 Å². The maximum Gasteiger partial charge on any atom is 0.123 e. The van der Waals surface area contributed by atoms with Gasteiger partial charge in [-0.15, -0.1) is 23.1 Å². The van der Waals surface area contributed by atoms with Gasteiger partial charge in [-0.25, -0.2) is 4.98 Å². The highest BCUT2D eigenvalue weighted by Crippen LogP contribution is 2.44. The number of aromatic hydroxyl groups is 1. The van der Waals surface area contributed by atoms with Crippen LogP contribution in [0, 0.1) is 20.8 Å². The molecule has 1 atom stereocenters. The fourth-order valence-corrected chi connectivity index (χ4v) is 6.02. The number of hydrogen-bond donors (Lipinski definition) is 1. The summed E-state index contributed by atoms with van der Waals surface area (Å²) in [4.78, 5) is 7.38. The lowest BCUT2D eigenvalue weighted by Crippen LogP contribution is -1.99. The zero-order chi connectivity index (χ0) is 21.1. The molecule has 3 aromatic carbocycles. The summed E-state index contributed by atoms with van der Waals surface area (Å²) in [6, 6.07) is 25.1. The summed E-state index contributed by atoms with van der Waals surface area (Å²) in [5.41, 5.74) is 5.74. The molecular formula is C26H25NOS2. The Kier molecular flexibility index (Phi) is 6.26. The van der Waals surface area contributed by atoms with Gasteiger partial charge >= 0.3 is 0 Å². The molecule has 0 aliphatic rings. The van der Waals surface area contributed by atoms with Crippen molar-refractivity contribution in [2.45, 2.75) is 37.3 Å². The Morgan fingerprint density at radius 3 is 2.37 bits per heavy atom. The van der Waals surface area contributed by atoms with E-state index in [2.05, 4.69) is 74.5 Å². The van der Waals surface area contributed by atoms with Crippen LogP contribution in [0.15, 0.2) is 77.7 Å². The molecule has 0 fully saturated rings. The first-order valence-corrected chi connectivity index (χ1v) is 11.7. The first-order valence-electron chi connectivity index (χ1n) is 10.0. The van der Waals surface area contributed by atoms with Gasteiger partial charge in [0.15, 0.2) is 0 Å². The molecule has 0 saturated heterocycles. The van der Waals surface area contributed by atoms with E-state index in [1.54, 1.807) is 17.4 Å². The van der Waals surface area contributed by atoms with E-state index in [-0.39, 0.29) is 5.25 Å². The lowest BCUT2D eigenvalue weighted by molar-refractivity contribution is 0.470. The molecule has 1 N–H and O–H groups in total. The molecule has 0 spiro atoms. The Morgan fingerprint density at radius 2 is 1.67 bits per heavy atom. The second-order valence-electron chi connectivity index (χ2n) is 7.58. The van der Waals surface area contributed by atoms with Crippen molar-refractivity contribution in [2.24, 2.45) is 0 Å². The molecule has 0 amide bonds. The van der Waals surface area contributed by atoms with Gasteiger partial charge in [0.05, 0.1) is 5.69 Å². The van der Waals surface area contributed by atoms with Crippen molar-refractivity contribution in [3.05, 3.63) is 100 Å². The summed E-state index contributed by atoms with van der Waals surface area (Å²) >= 11 is 3.64. The number of phenols is 1. The van der Waals surface area contributed by atoms with Gasteiger partial charge in [-0.1, -0.05) is 60.2 Å². The molecule has 0 bridgehead atoms. The van der Waals surface area contributed by atoms with Crippen LogP contribution in [-0.4, -0.2) is 10.1 Å². The molecular weight excluding hydrogens is 406 g/mol. The second-order valence-corrected chi connectivity index (χ2v) is 9.89. The number of benzene rings is 3. The lowest BCUT2D eigenvalue weighted by Gasteiger charge is -2.17. The Labute approximate surface area is 186 Å². The van der Waals surface area contributed by atoms with Crippen molar-refractivity contribution in [1.29, 1.82) is 0 Å². The number of thiazole rings is 1. The molecule has 0 aliphatic heterocycles. The molecule has 0 saturated carbocycles. The SMILES string of the molecule is Cc1ccc(-c2nc(C)c(C(Cc3ccccc3)Sc3ccc(O)c(C)c3)s2)cc1. The summed E-state index contributed by atoms with van der Waals surface area (Å²) < 4.78 is 0. The van der Waals surface area contributed by atoms with E-state index in [9.17, 15) is 5.11 Å². The molecule has 4 aromatic rings. The Hall–Kier alpha value is -2.56. The fourth-order valence-electron chi connectivity index (χ4n) is 3.41. The Bertz CT molecular complexity index is 1130. The molecule has 1 unspecified atom stereocenters. The zero-order valence-corrected chi connectivity index (χ0v) is 19.1. The van der Waals surface area contributed by atoms with E-state index in [4.69, 9.17) is 4.98 Å². The predicted molar refractivity (Wildman–Crippen MR) is 129 cm³/mol. The van der Waals surface area contributed by atoms with E-state index >= 15 is 0 Å². The minimum Gasteiger partial charge on any atom is -0.508 e. The molecule has 1 aromatic heterocycles. The number of hydrogen-bond acceptors (Lipinski definition) is 4. The van der Waals surface area contributed by atoms with Crippen LogP contribution in [-0.2, 0) is 6.42 Å². The number of aromatic nitrogens is 1. The summed E-state index contributed by atoms with van der Waals surface area (Å²) in [6.07, 6.45) is 0.932. The molecule has 2 nitrogen and oxygen atoms in total. The largest absolute Gasteiger partial charge is 0.508 e.